The number of aromatic amines is 1. The minimum atomic E-state index is -5.74. The molecule has 4 N–H and O–H groups in total. The van der Waals surface area contributed by atoms with Crippen molar-refractivity contribution in [2.45, 2.75) is 11.8 Å². The first-order chi connectivity index (χ1) is 12.0. The van der Waals surface area contributed by atoms with Crippen LogP contribution in [0.2, 0.25) is 0 Å². The minimum Gasteiger partial charge on any atom is -0.466 e. The third-order valence-corrected chi connectivity index (χ3v) is 3.49. The highest BCUT2D eigenvalue weighted by atomic mass is 19.4. The highest BCUT2D eigenvalue weighted by Crippen LogP contribution is 2.40. The van der Waals surface area contributed by atoms with Gasteiger partial charge in [0.05, 0.1) is 12.8 Å². The lowest BCUT2D eigenvalue weighted by Crippen LogP contribution is -2.54. The van der Waals surface area contributed by atoms with Crippen LogP contribution in [-0.2, 0) is 15.1 Å². The van der Waals surface area contributed by atoms with Gasteiger partial charge < -0.3 is 15.6 Å². The molecule has 1 heterocycles. The van der Waals surface area contributed by atoms with Gasteiger partial charge in [0, 0.05) is 0 Å². The molecule has 0 saturated heterocycles. The number of H-pyrrole nitrogens is 1. The largest absolute Gasteiger partial charge is 0.466 e. The first kappa shape index (κ1) is 19.2. The van der Waals surface area contributed by atoms with Gasteiger partial charge in [0.15, 0.2) is 0 Å². The van der Waals surface area contributed by atoms with Crippen molar-refractivity contribution in [3.05, 3.63) is 56.5 Å². The number of alkyl halides is 3. The summed E-state index contributed by atoms with van der Waals surface area (Å²) < 4.78 is 58.2. The summed E-state index contributed by atoms with van der Waals surface area (Å²) >= 11 is 0. The van der Waals surface area contributed by atoms with E-state index in [1.165, 1.54) is 17.1 Å². The first-order valence-corrected chi connectivity index (χ1v) is 6.74. The minimum absolute atomic E-state index is 0.186. The van der Waals surface area contributed by atoms with Crippen LogP contribution in [0.3, 0.4) is 0 Å². The number of rotatable bonds is 3. The van der Waals surface area contributed by atoms with E-state index >= 15 is 0 Å². The van der Waals surface area contributed by atoms with E-state index in [4.69, 9.17) is 5.73 Å². The van der Waals surface area contributed by atoms with E-state index in [0.717, 1.165) is 12.1 Å². The van der Waals surface area contributed by atoms with Crippen LogP contribution in [0.15, 0.2) is 33.9 Å². The van der Waals surface area contributed by atoms with Crippen molar-refractivity contribution in [2.24, 2.45) is 0 Å². The average Bonchev–Trinajstić information content (AvgIpc) is 2.54. The molecule has 0 bridgehead atoms. The average molecular weight is 377 g/mol. The fourth-order valence-electron chi connectivity index (χ4n) is 2.28. The molecule has 2 aromatic rings. The normalized spacial score (nSPS) is 13.9. The molecule has 8 nitrogen and oxygen atoms in total. The summed E-state index contributed by atoms with van der Waals surface area (Å²) in [6, 6.07) is 4.33. The van der Waals surface area contributed by atoms with Gasteiger partial charge in [0.2, 0.25) is 0 Å². The zero-order valence-corrected chi connectivity index (χ0v) is 12.9. The highest BCUT2D eigenvalue weighted by Gasteiger charge is 2.64. The van der Waals surface area contributed by atoms with E-state index in [9.17, 15) is 37.1 Å². The molecule has 140 valence electrons. The smallest absolute Gasteiger partial charge is 0.432 e. The number of nitrogen functional groups attached to an aromatic ring is 1. The summed E-state index contributed by atoms with van der Waals surface area (Å²) in [5, 5.41) is 9.97. The number of carbonyl (C=O) groups is 1. The van der Waals surface area contributed by atoms with Crippen molar-refractivity contribution in [1.29, 1.82) is 0 Å². The molecule has 1 aromatic carbocycles. The van der Waals surface area contributed by atoms with Crippen molar-refractivity contribution in [1.82, 2.24) is 9.55 Å². The number of nitrogens with zero attached hydrogens (tertiary/aromatic N) is 1. The fourth-order valence-corrected chi connectivity index (χ4v) is 2.28. The van der Waals surface area contributed by atoms with E-state index in [0.29, 0.717) is 7.11 Å². The molecule has 0 saturated carbocycles. The van der Waals surface area contributed by atoms with Crippen molar-refractivity contribution in [3.8, 4) is 5.69 Å². The predicted molar refractivity (Wildman–Crippen MR) is 79.0 cm³/mol. The molecule has 0 unspecified atom stereocenters. The maximum atomic E-state index is 13.9. The van der Waals surface area contributed by atoms with Crippen LogP contribution in [0.1, 0.15) is 5.56 Å². The van der Waals surface area contributed by atoms with Crippen molar-refractivity contribution in [2.75, 3.05) is 12.8 Å². The van der Waals surface area contributed by atoms with Gasteiger partial charge in [-0.3, -0.25) is 9.78 Å². The van der Waals surface area contributed by atoms with Gasteiger partial charge in [-0.05, 0) is 12.1 Å². The second-order valence-electron chi connectivity index (χ2n) is 5.01. The monoisotopic (exact) mass is 377 g/mol. The number of carbonyl (C=O) groups excluding carboxylic acids is 1. The Balaban J connectivity index is 2.98. The summed E-state index contributed by atoms with van der Waals surface area (Å²) in [6.45, 7) is 0. The van der Waals surface area contributed by atoms with Crippen molar-refractivity contribution >= 4 is 11.8 Å². The highest BCUT2D eigenvalue weighted by molar-refractivity contribution is 5.83. The molecule has 1 atom stereocenters. The number of aliphatic hydroxyl groups is 1. The van der Waals surface area contributed by atoms with E-state index in [-0.39, 0.29) is 4.57 Å². The van der Waals surface area contributed by atoms with Crippen LogP contribution < -0.4 is 17.0 Å². The molecule has 2 rings (SSSR count). The number of esters is 1. The number of anilines is 1. The summed E-state index contributed by atoms with van der Waals surface area (Å²) in [7, 11) is 0.538. The Hall–Kier alpha value is -3.15. The Morgan fingerprint density at radius 1 is 1.27 bits per heavy atom. The molecule has 12 heteroatoms. The molecule has 0 spiro atoms. The number of aromatic nitrogens is 2. The van der Waals surface area contributed by atoms with Gasteiger partial charge >= 0.3 is 17.8 Å². The third-order valence-electron chi connectivity index (χ3n) is 3.49. The van der Waals surface area contributed by atoms with Crippen molar-refractivity contribution in [3.63, 3.8) is 0 Å². The summed E-state index contributed by atoms with van der Waals surface area (Å²) in [5.41, 5.74) is -4.51. The van der Waals surface area contributed by atoms with Gasteiger partial charge in [0.25, 0.3) is 11.2 Å². The Morgan fingerprint density at radius 2 is 1.85 bits per heavy atom. The Bertz CT molecular complexity index is 982. The summed E-state index contributed by atoms with van der Waals surface area (Å²) in [6.07, 6.45) is -5.74. The standard InChI is InChI=1S/C14H11F4N3O5/c1-26-11(23)13(25,14(16,17)18)8-9(19)21(12(24)20-10(8)22)7-5-3-2-4-6(7)15/h2-5,25H,19H2,1H3,(H,20,22,24)/t13-/m1/s1. The van der Waals surface area contributed by atoms with Crippen LogP contribution >= 0.6 is 0 Å². The summed E-state index contributed by atoms with van der Waals surface area (Å²) in [5.74, 6) is -4.61. The molecule has 0 aliphatic heterocycles. The molecular formula is C14H11F4N3O5. The SMILES string of the molecule is COC(=O)[C@](O)(c1c(N)n(-c2ccccc2F)c(=O)[nH]c1=O)C(F)(F)F. The molecule has 26 heavy (non-hydrogen) atoms. The van der Waals surface area contributed by atoms with Gasteiger partial charge in [-0.15, -0.1) is 0 Å². The lowest BCUT2D eigenvalue weighted by molar-refractivity contribution is -0.267. The quantitative estimate of drug-likeness (QED) is 0.517. The number of benzene rings is 1. The van der Waals surface area contributed by atoms with Gasteiger partial charge in [0.1, 0.15) is 17.2 Å². The maximum Gasteiger partial charge on any atom is 0.432 e. The number of hydrogen-bond acceptors (Lipinski definition) is 6. The molecule has 1 aromatic heterocycles. The number of ether oxygens (including phenoxy) is 1. The zero-order chi connectivity index (χ0) is 19.9. The van der Waals surface area contributed by atoms with E-state index in [1.807, 2.05) is 0 Å². The number of nitrogens with two attached hydrogens (primary N) is 1. The van der Waals surface area contributed by atoms with Crippen LogP contribution in [0, 0.1) is 5.82 Å². The predicted octanol–water partition coefficient (Wildman–Crippen LogP) is 0.170. The lowest BCUT2D eigenvalue weighted by Gasteiger charge is -2.28. The number of halogens is 4. The van der Waals surface area contributed by atoms with E-state index in [1.54, 1.807) is 0 Å². The molecule has 0 radical (unpaired) electrons. The fraction of sp³-hybridized carbons (Fsp3) is 0.214. The first-order valence-electron chi connectivity index (χ1n) is 6.74. The topological polar surface area (TPSA) is 127 Å². The second kappa shape index (κ2) is 6.29. The second-order valence-corrected chi connectivity index (χ2v) is 5.01. The number of hydrogen-bond donors (Lipinski definition) is 3. The van der Waals surface area contributed by atoms with Crippen molar-refractivity contribution < 1.29 is 32.2 Å². The molecule has 0 amide bonds. The number of nitrogens with one attached hydrogen (secondary N) is 1. The van der Waals surface area contributed by atoms with Gasteiger partial charge in [-0.2, -0.15) is 13.2 Å². The molecule has 0 aliphatic rings. The van der Waals surface area contributed by atoms with Gasteiger partial charge in [-0.1, -0.05) is 12.1 Å². The Kier molecular flexibility index (Phi) is 4.64. The van der Waals surface area contributed by atoms with E-state index in [2.05, 4.69) is 4.74 Å². The van der Waals surface area contributed by atoms with Crippen LogP contribution in [0.25, 0.3) is 5.69 Å². The van der Waals surface area contributed by atoms with Gasteiger partial charge in [-0.25, -0.2) is 18.5 Å². The lowest BCUT2D eigenvalue weighted by atomic mass is 9.94. The molecular weight excluding hydrogens is 366 g/mol. The van der Waals surface area contributed by atoms with Crippen LogP contribution in [-0.4, -0.2) is 33.9 Å². The summed E-state index contributed by atoms with van der Waals surface area (Å²) in [4.78, 5) is 37.0. The molecule has 0 aliphatic carbocycles. The maximum absolute atomic E-state index is 13.9. The number of methoxy groups -OCH3 is 1. The molecule has 0 fully saturated rings. The van der Waals surface area contributed by atoms with E-state index < -0.39 is 51.9 Å². The Labute approximate surface area is 141 Å². The number of para-hydroxylation sites is 1. The third kappa shape index (κ3) is 2.73. The Morgan fingerprint density at radius 3 is 2.35 bits per heavy atom. The van der Waals surface area contributed by atoms with Crippen LogP contribution in [0.4, 0.5) is 23.4 Å². The van der Waals surface area contributed by atoms with Crippen LogP contribution in [0.5, 0.6) is 0 Å². The zero-order valence-electron chi connectivity index (χ0n) is 12.9.